The molecule has 7 nitrogen and oxygen atoms in total. The van der Waals surface area contributed by atoms with Crippen molar-refractivity contribution in [3.05, 3.63) is 35.3 Å². The predicted molar refractivity (Wildman–Crippen MR) is 75.3 cm³/mol. The van der Waals surface area contributed by atoms with Crippen molar-refractivity contribution in [2.24, 2.45) is 0 Å². The Morgan fingerprint density at radius 2 is 2.14 bits per heavy atom. The molecule has 2 aromatic heterocycles. The lowest BCUT2D eigenvalue weighted by Gasteiger charge is -2.12. The van der Waals surface area contributed by atoms with Crippen LogP contribution in [0, 0.1) is 0 Å². The molecule has 7 heteroatoms. The Morgan fingerprint density at radius 3 is 2.76 bits per heavy atom. The molecule has 0 fully saturated rings. The number of nitrogens with zero attached hydrogens (tertiary/aromatic N) is 4. The second-order valence-corrected chi connectivity index (χ2v) is 4.80. The maximum atomic E-state index is 11.8. The number of rotatable bonds is 5. The number of aromatic nitrogens is 4. The number of esters is 1. The SMILES string of the molecule is COC(=O)c1nnn(Cc2cccnc2OC)c1C(C)C. The zero-order valence-electron chi connectivity index (χ0n) is 12.5. The van der Waals surface area contributed by atoms with Crippen molar-refractivity contribution in [1.29, 1.82) is 0 Å². The van der Waals surface area contributed by atoms with Crippen molar-refractivity contribution in [3.8, 4) is 5.88 Å². The maximum absolute atomic E-state index is 11.8. The molecule has 0 saturated carbocycles. The fraction of sp³-hybridized carbons (Fsp3) is 0.429. The Bertz CT molecular complexity index is 637. The van der Waals surface area contributed by atoms with E-state index >= 15 is 0 Å². The Labute approximate surface area is 122 Å². The van der Waals surface area contributed by atoms with Crippen LogP contribution in [0.2, 0.25) is 0 Å². The maximum Gasteiger partial charge on any atom is 0.360 e. The van der Waals surface area contributed by atoms with Crippen LogP contribution in [0.15, 0.2) is 18.3 Å². The van der Waals surface area contributed by atoms with E-state index in [-0.39, 0.29) is 11.6 Å². The third kappa shape index (κ3) is 3.01. The predicted octanol–water partition coefficient (Wildman–Crippen LogP) is 1.64. The van der Waals surface area contributed by atoms with E-state index < -0.39 is 5.97 Å². The quantitative estimate of drug-likeness (QED) is 0.779. The largest absolute Gasteiger partial charge is 0.481 e. The molecule has 0 amide bonds. The van der Waals surface area contributed by atoms with E-state index in [2.05, 4.69) is 15.3 Å². The smallest absolute Gasteiger partial charge is 0.360 e. The molecule has 0 unspecified atom stereocenters. The summed E-state index contributed by atoms with van der Waals surface area (Å²) < 4.78 is 11.6. The molecule has 0 radical (unpaired) electrons. The van der Waals surface area contributed by atoms with Gasteiger partial charge in [0.2, 0.25) is 5.88 Å². The van der Waals surface area contributed by atoms with Crippen LogP contribution in [-0.4, -0.2) is 40.2 Å². The second-order valence-electron chi connectivity index (χ2n) is 4.80. The average Bonchev–Trinajstić information content (AvgIpc) is 2.90. The molecule has 2 heterocycles. The highest BCUT2D eigenvalue weighted by Crippen LogP contribution is 2.21. The first-order valence-electron chi connectivity index (χ1n) is 6.58. The Balaban J connectivity index is 2.40. The van der Waals surface area contributed by atoms with Gasteiger partial charge in [-0.15, -0.1) is 5.10 Å². The van der Waals surface area contributed by atoms with Crippen LogP contribution in [0.25, 0.3) is 0 Å². The summed E-state index contributed by atoms with van der Waals surface area (Å²) in [4.78, 5) is 15.9. The van der Waals surface area contributed by atoms with Crippen molar-refractivity contribution in [2.45, 2.75) is 26.3 Å². The van der Waals surface area contributed by atoms with E-state index in [9.17, 15) is 4.79 Å². The molecule has 0 aromatic carbocycles. The standard InChI is InChI=1S/C14H18N4O3/c1-9(2)12-11(14(19)21-4)16-17-18(12)8-10-6-5-7-15-13(10)20-3/h5-7,9H,8H2,1-4H3. The summed E-state index contributed by atoms with van der Waals surface area (Å²) in [5.74, 6) is 0.127. The van der Waals surface area contributed by atoms with Gasteiger partial charge in [0.15, 0.2) is 5.69 Å². The van der Waals surface area contributed by atoms with Crippen molar-refractivity contribution < 1.29 is 14.3 Å². The van der Waals surface area contributed by atoms with Gasteiger partial charge >= 0.3 is 5.97 Å². The van der Waals surface area contributed by atoms with Gasteiger partial charge in [-0.3, -0.25) is 0 Å². The van der Waals surface area contributed by atoms with Gasteiger partial charge in [-0.2, -0.15) is 0 Å². The van der Waals surface area contributed by atoms with Crippen LogP contribution < -0.4 is 4.74 Å². The zero-order chi connectivity index (χ0) is 15.4. The molecule has 0 aliphatic rings. The molecular formula is C14H18N4O3. The highest BCUT2D eigenvalue weighted by molar-refractivity contribution is 5.88. The molecule has 0 aliphatic carbocycles. The molecule has 0 bridgehead atoms. The molecule has 2 rings (SSSR count). The van der Waals surface area contributed by atoms with Crippen LogP contribution in [0.5, 0.6) is 5.88 Å². The van der Waals surface area contributed by atoms with E-state index in [1.165, 1.54) is 7.11 Å². The zero-order valence-corrected chi connectivity index (χ0v) is 12.5. The lowest BCUT2D eigenvalue weighted by Crippen LogP contribution is -2.12. The van der Waals surface area contributed by atoms with Crippen LogP contribution in [0.1, 0.15) is 41.5 Å². The van der Waals surface area contributed by atoms with Gasteiger partial charge in [-0.05, 0) is 12.0 Å². The van der Waals surface area contributed by atoms with Gasteiger partial charge in [0.05, 0.1) is 26.5 Å². The molecule has 0 aliphatic heterocycles. The molecule has 0 saturated heterocycles. The van der Waals surface area contributed by atoms with Gasteiger partial charge < -0.3 is 9.47 Å². The number of hydrogen-bond acceptors (Lipinski definition) is 6. The monoisotopic (exact) mass is 290 g/mol. The molecule has 0 N–H and O–H groups in total. The highest BCUT2D eigenvalue weighted by atomic mass is 16.5. The van der Waals surface area contributed by atoms with Gasteiger partial charge in [-0.1, -0.05) is 25.1 Å². The second kappa shape index (κ2) is 6.34. The van der Waals surface area contributed by atoms with E-state index in [0.717, 1.165) is 11.3 Å². The molecule has 0 atom stereocenters. The number of methoxy groups -OCH3 is 2. The van der Waals surface area contributed by atoms with Gasteiger partial charge in [-0.25, -0.2) is 14.5 Å². The van der Waals surface area contributed by atoms with E-state index in [4.69, 9.17) is 9.47 Å². The fourth-order valence-electron chi connectivity index (χ4n) is 2.14. The normalized spacial score (nSPS) is 10.7. The number of ether oxygens (including phenoxy) is 2. The summed E-state index contributed by atoms with van der Waals surface area (Å²) >= 11 is 0. The van der Waals surface area contributed by atoms with E-state index in [1.54, 1.807) is 18.0 Å². The number of hydrogen-bond donors (Lipinski definition) is 0. The van der Waals surface area contributed by atoms with Gasteiger partial charge in [0.25, 0.3) is 0 Å². The van der Waals surface area contributed by atoms with E-state index in [1.807, 2.05) is 26.0 Å². The van der Waals surface area contributed by atoms with Crippen LogP contribution in [-0.2, 0) is 11.3 Å². The molecule has 2 aromatic rings. The fourth-order valence-corrected chi connectivity index (χ4v) is 2.14. The number of pyridine rings is 1. The van der Waals surface area contributed by atoms with Crippen molar-refractivity contribution in [2.75, 3.05) is 14.2 Å². The Hall–Kier alpha value is -2.44. The summed E-state index contributed by atoms with van der Waals surface area (Å²) in [6, 6.07) is 3.72. The van der Waals surface area contributed by atoms with Crippen molar-refractivity contribution in [1.82, 2.24) is 20.0 Å². The summed E-state index contributed by atoms with van der Waals surface area (Å²) in [5.41, 5.74) is 1.84. The molecule has 21 heavy (non-hydrogen) atoms. The minimum atomic E-state index is -0.483. The minimum Gasteiger partial charge on any atom is -0.481 e. The summed E-state index contributed by atoms with van der Waals surface area (Å²) in [5, 5.41) is 8.00. The minimum absolute atomic E-state index is 0.0803. The Kier molecular flexibility index (Phi) is 4.52. The number of carbonyl (C=O) groups is 1. The first-order valence-corrected chi connectivity index (χ1v) is 6.58. The summed E-state index contributed by atoms with van der Waals surface area (Å²) in [6.07, 6.45) is 1.66. The molecule has 112 valence electrons. The molecule has 0 spiro atoms. The summed E-state index contributed by atoms with van der Waals surface area (Å²) in [6.45, 7) is 4.37. The number of carbonyl (C=O) groups excluding carboxylic acids is 1. The average molecular weight is 290 g/mol. The van der Waals surface area contributed by atoms with Crippen LogP contribution in [0.4, 0.5) is 0 Å². The summed E-state index contributed by atoms with van der Waals surface area (Å²) in [7, 11) is 2.89. The van der Waals surface area contributed by atoms with Crippen molar-refractivity contribution in [3.63, 3.8) is 0 Å². The van der Waals surface area contributed by atoms with Crippen molar-refractivity contribution >= 4 is 5.97 Å². The lowest BCUT2D eigenvalue weighted by atomic mass is 10.1. The first kappa shape index (κ1) is 15.0. The lowest BCUT2D eigenvalue weighted by molar-refractivity contribution is 0.0592. The van der Waals surface area contributed by atoms with Gasteiger partial charge in [0.1, 0.15) is 0 Å². The first-order chi connectivity index (χ1) is 10.1. The highest BCUT2D eigenvalue weighted by Gasteiger charge is 2.23. The van der Waals surface area contributed by atoms with E-state index in [0.29, 0.717) is 12.4 Å². The van der Waals surface area contributed by atoms with Gasteiger partial charge in [0, 0.05) is 11.8 Å². The third-order valence-electron chi connectivity index (χ3n) is 3.06. The Morgan fingerprint density at radius 1 is 1.38 bits per heavy atom. The van der Waals surface area contributed by atoms with Crippen LogP contribution in [0.3, 0.4) is 0 Å². The third-order valence-corrected chi connectivity index (χ3v) is 3.06. The topological polar surface area (TPSA) is 79.1 Å². The van der Waals surface area contributed by atoms with Crippen LogP contribution >= 0.6 is 0 Å². The molecular weight excluding hydrogens is 272 g/mol.